The lowest BCUT2D eigenvalue weighted by atomic mass is 10.0. The zero-order valence-electron chi connectivity index (χ0n) is 22.8. The number of hydrogen-bond acceptors (Lipinski definition) is 7. The number of nitrogens with zero attached hydrogens (tertiary/aromatic N) is 3. The van der Waals surface area contributed by atoms with Crippen molar-refractivity contribution in [3.05, 3.63) is 57.6 Å². The molecule has 10 heteroatoms. The van der Waals surface area contributed by atoms with E-state index in [1.807, 2.05) is 19.9 Å². The van der Waals surface area contributed by atoms with Crippen LogP contribution in [0.4, 0.5) is 0 Å². The summed E-state index contributed by atoms with van der Waals surface area (Å²) in [5.74, 6) is 1.51. The molecule has 206 valence electrons. The first kappa shape index (κ1) is 28.7. The molecule has 0 unspecified atom stereocenters. The van der Waals surface area contributed by atoms with Crippen LogP contribution in [-0.4, -0.2) is 46.8 Å². The molecule has 2 aromatic rings. The van der Waals surface area contributed by atoms with E-state index < -0.39 is 5.91 Å². The van der Waals surface area contributed by atoms with Gasteiger partial charge in [-0.2, -0.15) is 15.1 Å². The second-order valence-corrected chi connectivity index (χ2v) is 10.9. The third kappa shape index (κ3) is 6.65. The molecule has 0 saturated heterocycles. The Morgan fingerprint density at radius 2 is 1.87 bits per heavy atom. The predicted octanol–water partition coefficient (Wildman–Crippen LogP) is 7.05. The lowest BCUT2D eigenvalue weighted by Gasteiger charge is -2.20. The number of halogens is 1. The van der Waals surface area contributed by atoms with E-state index in [1.165, 1.54) is 16.8 Å². The van der Waals surface area contributed by atoms with E-state index in [2.05, 4.69) is 43.0 Å². The third-order valence-corrected chi connectivity index (χ3v) is 7.23. The van der Waals surface area contributed by atoms with Crippen LogP contribution < -0.4 is 14.2 Å². The number of amides is 1. The smallest absolute Gasteiger partial charge is 0.283 e. The van der Waals surface area contributed by atoms with Crippen LogP contribution >= 0.6 is 23.4 Å². The summed E-state index contributed by atoms with van der Waals surface area (Å²) in [4.78, 5) is 16.9. The van der Waals surface area contributed by atoms with Gasteiger partial charge in [-0.15, -0.1) is 0 Å². The summed E-state index contributed by atoms with van der Waals surface area (Å²) in [7, 11) is 0. The molecule has 0 spiro atoms. The molecule has 0 fully saturated rings. The van der Waals surface area contributed by atoms with Crippen LogP contribution in [0.15, 0.2) is 46.0 Å². The van der Waals surface area contributed by atoms with Crippen molar-refractivity contribution in [1.29, 1.82) is 5.41 Å². The highest BCUT2D eigenvalue weighted by Gasteiger charge is 2.35. The Kier molecular flexibility index (Phi) is 9.35. The quantitative estimate of drug-likeness (QED) is 0.230. The molecule has 4 rings (SSSR count). The fourth-order valence-electron chi connectivity index (χ4n) is 4.13. The van der Waals surface area contributed by atoms with E-state index in [-0.39, 0.29) is 18.0 Å². The van der Waals surface area contributed by atoms with E-state index in [0.29, 0.717) is 46.4 Å². The van der Waals surface area contributed by atoms with Crippen molar-refractivity contribution in [2.24, 2.45) is 10.1 Å². The minimum absolute atomic E-state index is 0.0212. The van der Waals surface area contributed by atoms with Crippen molar-refractivity contribution in [3.63, 3.8) is 0 Å². The van der Waals surface area contributed by atoms with Gasteiger partial charge in [-0.1, -0.05) is 44.5 Å². The largest absolute Gasteiger partial charge is 0.490 e. The average molecular weight is 569 g/mol. The van der Waals surface area contributed by atoms with E-state index in [0.717, 1.165) is 34.8 Å². The van der Waals surface area contributed by atoms with Gasteiger partial charge in [0.15, 0.2) is 17.3 Å². The summed E-state index contributed by atoms with van der Waals surface area (Å²) >= 11 is 7.94. The number of fused-ring (bicyclic) bond motifs is 1. The van der Waals surface area contributed by atoms with E-state index >= 15 is 0 Å². The second kappa shape index (κ2) is 12.7. The molecule has 2 aliphatic rings. The first-order valence-electron chi connectivity index (χ1n) is 13.0. The zero-order chi connectivity index (χ0) is 28.1. The van der Waals surface area contributed by atoms with Gasteiger partial charge in [0.05, 0.1) is 17.2 Å². The molecule has 0 aliphatic carbocycles. The highest BCUT2D eigenvalue weighted by atomic mass is 35.5. The Morgan fingerprint density at radius 3 is 2.59 bits per heavy atom. The van der Waals surface area contributed by atoms with Gasteiger partial charge in [0.25, 0.3) is 5.91 Å². The Labute approximate surface area is 238 Å². The molecule has 1 amide bonds. The van der Waals surface area contributed by atoms with Gasteiger partial charge >= 0.3 is 0 Å². The van der Waals surface area contributed by atoms with Gasteiger partial charge in [0.2, 0.25) is 5.17 Å². The number of hydrogen-bond donors (Lipinski definition) is 1. The van der Waals surface area contributed by atoms with Crippen LogP contribution in [0.5, 0.6) is 17.2 Å². The highest BCUT2D eigenvalue weighted by Crippen LogP contribution is 2.38. The molecule has 2 heterocycles. The fourth-order valence-corrected chi connectivity index (χ4v) is 5.39. The molecule has 39 heavy (non-hydrogen) atoms. The molecule has 1 N–H and O–H groups in total. The molecular weight excluding hydrogens is 536 g/mol. The van der Waals surface area contributed by atoms with Crippen molar-refractivity contribution in [1.82, 2.24) is 5.01 Å². The lowest BCUT2D eigenvalue weighted by Crippen LogP contribution is -2.35. The van der Waals surface area contributed by atoms with E-state index in [4.69, 9.17) is 31.2 Å². The first-order chi connectivity index (χ1) is 18.7. The topological polar surface area (TPSA) is 96.6 Å². The van der Waals surface area contributed by atoms with Crippen LogP contribution in [0.2, 0.25) is 5.02 Å². The van der Waals surface area contributed by atoms with E-state index in [1.54, 1.807) is 18.2 Å². The average Bonchev–Trinajstić information content (AvgIpc) is 3.28. The summed E-state index contributed by atoms with van der Waals surface area (Å²) in [5.41, 5.74) is 2.99. The first-order valence-corrected chi connectivity index (χ1v) is 14.2. The van der Waals surface area contributed by atoms with Gasteiger partial charge in [-0.25, -0.2) is 0 Å². The summed E-state index contributed by atoms with van der Waals surface area (Å²) in [6.07, 6.45) is 3.26. The number of aliphatic imine (C=N–C) groups is 1. The molecular formula is C29H33ClN4O4S. The molecule has 0 atom stereocenters. The lowest BCUT2D eigenvalue weighted by molar-refractivity contribution is -0.114. The fraction of sp³-hybridized carbons (Fsp3) is 0.379. The van der Waals surface area contributed by atoms with Crippen LogP contribution in [0.1, 0.15) is 63.1 Å². The molecule has 2 aliphatic heterocycles. The second-order valence-electron chi connectivity index (χ2n) is 9.42. The Hall–Kier alpha value is -3.30. The zero-order valence-corrected chi connectivity index (χ0v) is 24.4. The van der Waals surface area contributed by atoms with Crippen LogP contribution in [-0.2, 0) is 4.79 Å². The number of carbonyl (C=O) groups is 1. The number of benzene rings is 2. The van der Waals surface area contributed by atoms with E-state index in [9.17, 15) is 4.79 Å². The number of hydrazone groups is 1. The number of rotatable bonds is 11. The van der Waals surface area contributed by atoms with Gasteiger partial charge in [-0.3, -0.25) is 10.2 Å². The minimum Gasteiger partial charge on any atom is -0.490 e. The SMILES string of the molecule is CCCC1=NN2C(=N)/C(=C/c3cc(Cl)c(OCCOc4cc(C)ccc4C(C)C)c(OCC)c3)C(=O)N=C2S1. The van der Waals surface area contributed by atoms with Gasteiger partial charge < -0.3 is 14.2 Å². The number of nitrogens with one attached hydrogen (secondary N) is 1. The van der Waals surface area contributed by atoms with Gasteiger partial charge in [0, 0.05) is 0 Å². The van der Waals surface area contributed by atoms with Gasteiger partial charge in [-0.05, 0) is 85.3 Å². The predicted molar refractivity (Wildman–Crippen MR) is 159 cm³/mol. The van der Waals surface area contributed by atoms with Crippen LogP contribution in [0.3, 0.4) is 0 Å². The minimum atomic E-state index is -0.491. The molecule has 0 aromatic heterocycles. The Morgan fingerprint density at radius 1 is 1.10 bits per heavy atom. The van der Waals surface area contributed by atoms with Crippen molar-refractivity contribution in [2.75, 3.05) is 19.8 Å². The maximum atomic E-state index is 12.8. The van der Waals surface area contributed by atoms with Crippen molar-refractivity contribution < 1.29 is 19.0 Å². The van der Waals surface area contributed by atoms with Crippen molar-refractivity contribution in [3.8, 4) is 17.2 Å². The number of ether oxygens (including phenoxy) is 3. The van der Waals surface area contributed by atoms with Gasteiger partial charge in [0.1, 0.15) is 24.0 Å². The summed E-state index contributed by atoms with van der Waals surface area (Å²) in [6.45, 7) is 11.2. The Balaban J connectivity index is 1.51. The summed E-state index contributed by atoms with van der Waals surface area (Å²) < 4.78 is 17.8. The standard InChI is InChI=1S/C29H33ClN4O4S/c1-6-8-25-33-34-27(31)21(28(35)32-29(34)39-25)14-19-15-22(30)26(24(16-19)36-7-2)38-12-11-37-23-13-18(5)9-10-20(23)17(3)4/h9-10,13-17,31H,6-8,11-12H2,1-5H3/b21-14-,31-27?. The number of carbonyl (C=O) groups excluding carboxylic acids is 1. The number of amidine groups is 2. The number of aryl methyl sites for hydroxylation is 1. The third-order valence-electron chi connectivity index (χ3n) is 5.98. The number of thioether (sulfide) groups is 1. The molecule has 0 saturated carbocycles. The normalized spacial score (nSPS) is 16.0. The summed E-state index contributed by atoms with van der Waals surface area (Å²) in [5, 5.41) is 16.0. The maximum Gasteiger partial charge on any atom is 0.283 e. The van der Waals surface area contributed by atoms with Crippen molar-refractivity contribution >= 4 is 51.4 Å². The monoisotopic (exact) mass is 568 g/mol. The summed E-state index contributed by atoms with van der Waals surface area (Å²) in [6, 6.07) is 9.62. The highest BCUT2D eigenvalue weighted by molar-refractivity contribution is 8.26. The van der Waals surface area contributed by atoms with Crippen molar-refractivity contribution in [2.45, 2.75) is 53.4 Å². The van der Waals surface area contributed by atoms with Crippen LogP contribution in [0, 0.1) is 12.3 Å². The molecule has 2 aromatic carbocycles. The molecule has 0 bridgehead atoms. The van der Waals surface area contributed by atoms with Crippen LogP contribution in [0.25, 0.3) is 6.08 Å². The molecule has 0 radical (unpaired) electrons. The molecule has 8 nitrogen and oxygen atoms in total. The Bertz CT molecular complexity index is 1370. The maximum absolute atomic E-state index is 12.8.